The van der Waals surface area contributed by atoms with Gasteiger partial charge in [0.25, 0.3) is 5.91 Å². The van der Waals surface area contributed by atoms with E-state index in [0.29, 0.717) is 23.3 Å². The molecule has 2 heterocycles. The van der Waals surface area contributed by atoms with Crippen molar-refractivity contribution in [2.45, 2.75) is 19.6 Å². The van der Waals surface area contributed by atoms with Gasteiger partial charge in [0.1, 0.15) is 5.69 Å². The van der Waals surface area contributed by atoms with Crippen molar-refractivity contribution < 1.29 is 31.5 Å². The Morgan fingerprint density at radius 2 is 1.76 bits per heavy atom. The number of alkyl halides is 3. The molecule has 0 aliphatic carbocycles. The summed E-state index contributed by atoms with van der Waals surface area (Å²) < 4.78 is 69.8. The van der Waals surface area contributed by atoms with Gasteiger partial charge < -0.3 is 11.1 Å². The molecular weight excluding hydrogens is 499 g/mol. The van der Waals surface area contributed by atoms with Crippen molar-refractivity contribution in [3.63, 3.8) is 0 Å². The molecule has 0 unspecified atom stereocenters. The minimum absolute atomic E-state index is 0.0472. The van der Waals surface area contributed by atoms with Gasteiger partial charge in [-0.3, -0.25) is 14.3 Å². The molecule has 0 atom stereocenters. The highest BCUT2D eigenvalue weighted by Gasteiger charge is 2.39. The molecule has 0 fully saturated rings. The second-order valence-electron chi connectivity index (χ2n) is 7.93. The molecule has 2 amide bonds. The molecule has 0 bridgehead atoms. The zero-order chi connectivity index (χ0) is 27.1. The molecule has 37 heavy (non-hydrogen) atoms. The second-order valence-corrected chi connectivity index (χ2v) is 7.93. The number of nitrogens with two attached hydrogens (primary N) is 1. The van der Waals surface area contributed by atoms with Crippen LogP contribution in [0.25, 0.3) is 10.9 Å². The van der Waals surface area contributed by atoms with Gasteiger partial charge in [0, 0.05) is 11.5 Å². The Morgan fingerprint density at radius 3 is 2.35 bits per heavy atom. The molecule has 3 N–H and O–H groups in total. The van der Waals surface area contributed by atoms with E-state index in [-0.39, 0.29) is 28.7 Å². The van der Waals surface area contributed by atoms with Gasteiger partial charge in [-0.2, -0.15) is 23.5 Å². The predicted octanol–water partition coefficient (Wildman–Crippen LogP) is 4.31. The molecule has 188 valence electrons. The number of rotatable bonds is 5. The summed E-state index contributed by atoms with van der Waals surface area (Å²) >= 11 is 0. The monoisotopic (exact) mass is 514 g/mol. The van der Waals surface area contributed by atoms with Crippen molar-refractivity contribution in [2.24, 2.45) is 5.73 Å². The molecule has 0 aliphatic rings. The zero-order valence-electron chi connectivity index (χ0n) is 18.8. The highest BCUT2D eigenvalue weighted by atomic mass is 19.4. The lowest BCUT2D eigenvalue weighted by atomic mass is 10.1. The van der Waals surface area contributed by atoms with Crippen LogP contribution in [0.3, 0.4) is 0 Å². The van der Waals surface area contributed by atoms with Crippen LogP contribution in [0.2, 0.25) is 0 Å². The molecule has 4 aromatic rings. The molecular formula is C24H15F5N6O2. The molecule has 8 nitrogen and oxygen atoms in total. The standard InChI is InChI=1S/C24H15F5N6O2/c1-11-20(21(24(27,28)29)34-35(11)10-13-4-2-12(9-30)3-5-13)33-23(37)19-7-15(22(31)36)14-6-16(25)17(26)8-18(14)32-19/h2-8H,10H2,1H3,(H2,31,36)(H,33,37). The number of halogens is 5. The number of fused-ring (bicyclic) bond motifs is 1. The topological polar surface area (TPSA) is 127 Å². The lowest BCUT2D eigenvalue weighted by Gasteiger charge is -2.11. The molecule has 4 rings (SSSR count). The number of hydrogen-bond acceptors (Lipinski definition) is 5. The number of carbonyl (C=O) groups is 2. The number of hydrogen-bond donors (Lipinski definition) is 2. The minimum Gasteiger partial charge on any atom is -0.366 e. The average Bonchev–Trinajstić information content (AvgIpc) is 3.15. The van der Waals surface area contributed by atoms with Crippen LogP contribution in [-0.2, 0) is 12.7 Å². The van der Waals surface area contributed by atoms with Gasteiger partial charge in [-0.15, -0.1) is 0 Å². The lowest BCUT2D eigenvalue weighted by Crippen LogP contribution is -2.20. The number of pyridine rings is 1. The second kappa shape index (κ2) is 9.30. The largest absolute Gasteiger partial charge is 0.437 e. The molecule has 2 aromatic carbocycles. The molecule has 0 radical (unpaired) electrons. The minimum atomic E-state index is -4.95. The van der Waals surface area contributed by atoms with E-state index in [0.717, 1.165) is 10.7 Å². The highest BCUT2D eigenvalue weighted by Crippen LogP contribution is 2.36. The third-order valence-electron chi connectivity index (χ3n) is 5.48. The fourth-order valence-electron chi connectivity index (χ4n) is 3.62. The van der Waals surface area contributed by atoms with Gasteiger partial charge in [-0.05, 0) is 36.8 Å². The average molecular weight is 514 g/mol. The highest BCUT2D eigenvalue weighted by molar-refractivity contribution is 6.10. The number of aromatic nitrogens is 3. The van der Waals surface area contributed by atoms with E-state index in [9.17, 15) is 31.5 Å². The predicted molar refractivity (Wildman–Crippen MR) is 120 cm³/mol. The van der Waals surface area contributed by atoms with E-state index in [4.69, 9.17) is 11.0 Å². The maximum absolute atomic E-state index is 13.8. The maximum atomic E-state index is 13.8. The maximum Gasteiger partial charge on any atom is 0.437 e. The summed E-state index contributed by atoms with van der Waals surface area (Å²) in [5.74, 6) is -4.85. The Labute approximate surface area is 205 Å². The van der Waals surface area contributed by atoms with Gasteiger partial charge in [-0.25, -0.2) is 13.8 Å². The Bertz CT molecular complexity index is 1600. The molecule has 13 heteroatoms. The van der Waals surface area contributed by atoms with Crippen LogP contribution in [0.15, 0.2) is 42.5 Å². The third-order valence-corrected chi connectivity index (χ3v) is 5.48. The van der Waals surface area contributed by atoms with Crippen molar-refractivity contribution in [3.8, 4) is 6.07 Å². The summed E-state index contributed by atoms with van der Waals surface area (Å²) in [6.07, 6.45) is -4.95. The summed E-state index contributed by atoms with van der Waals surface area (Å²) in [6, 6.07) is 10.2. The fraction of sp³-hybridized carbons (Fsp3) is 0.125. The summed E-state index contributed by atoms with van der Waals surface area (Å²) in [4.78, 5) is 28.7. The summed E-state index contributed by atoms with van der Waals surface area (Å²) in [6.45, 7) is 1.21. The van der Waals surface area contributed by atoms with E-state index >= 15 is 0 Å². The van der Waals surface area contributed by atoms with Crippen molar-refractivity contribution in [1.29, 1.82) is 5.26 Å². The van der Waals surface area contributed by atoms with E-state index < -0.39 is 46.7 Å². The summed E-state index contributed by atoms with van der Waals surface area (Å²) in [5.41, 5.74) is 2.90. The van der Waals surface area contributed by atoms with Crippen LogP contribution in [0.5, 0.6) is 0 Å². The first kappa shape index (κ1) is 25.2. The van der Waals surface area contributed by atoms with Gasteiger partial charge in [0.05, 0.1) is 40.6 Å². The van der Waals surface area contributed by atoms with Crippen molar-refractivity contribution in [3.05, 3.63) is 87.9 Å². The number of anilines is 1. The van der Waals surface area contributed by atoms with E-state index in [1.165, 1.54) is 19.1 Å². The van der Waals surface area contributed by atoms with Crippen LogP contribution in [0.4, 0.5) is 27.6 Å². The van der Waals surface area contributed by atoms with Gasteiger partial charge in [0.2, 0.25) is 5.91 Å². The van der Waals surface area contributed by atoms with Crippen molar-refractivity contribution >= 4 is 28.4 Å². The molecule has 0 saturated carbocycles. The quantitative estimate of drug-likeness (QED) is 0.384. The summed E-state index contributed by atoms with van der Waals surface area (Å²) in [7, 11) is 0. The molecule has 0 aliphatic heterocycles. The first-order chi connectivity index (χ1) is 17.4. The smallest absolute Gasteiger partial charge is 0.366 e. The number of benzene rings is 2. The molecule has 2 aromatic heterocycles. The van der Waals surface area contributed by atoms with Crippen LogP contribution in [0.1, 0.15) is 43.4 Å². The Morgan fingerprint density at radius 1 is 1.11 bits per heavy atom. The zero-order valence-corrected chi connectivity index (χ0v) is 18.8. The number of primary amides is 1. The number of nitrogens with one attached hydrogen (secondary N) is 1. The van der Waals surface area contributed by atoms with E-state index in [2.05, 4.69) is 15.4 Å². The number of nitriles is 1. The van der Waals surface area contributed by atoms with Gasteiger partial charge in [0.15, 0.2) is 17.3 Å². The molecule has 0 saturated heterocycles. The SMILES string of the molecule is Cc1c(NC(=O)c2cc(C(N)=O)c3cc(F)c(F)cc3n2)c(C(F)(F)F)nn1Cc1ccc(C#N)cc1. The van der Waals surface area contributed by atoms with Crippen LogP contribution in [-0.4, -0.2) is 26.6 Å². The van der Waals surface area contributed by atoms with Crippen LogP contribution >= 0.6 is 0 Å². The van der Waals surface area contributed by atoms with Crippen molar-refractivity contribution in [1.82, 2.24) is 14.8 Å². The normalized spacial score (nSPS) is 11.4. The van der Waals surface area contributed by atoms with E-state index in [1.807, 2.05) is 6.07 Å². The first-order valence-electron chi connectivity index (χ1n) is 10.4. The Balaban J connectivity index is 1.74. The number of carbonyl (C=O) groups excluding carboxylic acids is 2. The van der Waals surface area contributed by atoms with Crippen LogP contribution < -0.4 is 11.1 Å². The van der Waals surface area contributed by atoms with Crippen LogP contribution in [0, 0.1) is 29.9 Å². The van der Waals surface area contributed by atoms with Gasteiger partial charge >= 0.3 is 6.18 Å². The number of amides is 2. The first-order valence-corrected chi connectivity index (χ1v) is 10.4. The summed E-state index contributed by atoms with van der Waals surface area (Å²) in [5, 5.41) is 14.5. The Hall–Kier alpha value is -4.86. The van der Waals surface area contributed by atoms with E-state index in [1.54, 1.807) is 12.1 Å². The van der Waals surface area contributed by atoms with Gasteiger partial charge in [-0.1, -0.05) is 12.1 Å². The fourth-order valence-corrected chi connectivity index (χ4v) is 3.62. The lowest BCUT2D eigenvalue weighted by molar-refractivity contribution is -0.140. The van der Waals surface area contributed by atoms with Crippen molar-refractivity contribution in [2.75, 3.05) is 5.32 Å². The Kier molecular flexibility index (Phi) is 6.35. The molecule has 0 spiro atoms. The third kappa shape index (κ3) is 4.94. The number of nitrogens with zero attached hydrogens (tertiary/aromatic N) is 4.